The summed E-state index contributed by atoms with van der Waals surface area (Å²) in [5.74, 6) is 0.773. The molecule has 0 aromatic carbocycles. The third-order valence-electron chi connectivity index (χ3n) is 1.39. The van der Waals surface area contributed by atoms with E-state index in [1.54, 1.807) is 0 Å². The third-order valence-corrected chi connectivity index (χ3v) is 1.39. The Kier molecular flexibility index (Phi) is 17.6. The van der Waals surface area contributed by atoms with Crippen LogP contribution in [0.4, 0.5) is 0 Å². The molecule has 0 amide bonds. The van der Waals surface area contributed by atoms with Gasteiger partial charge in [-0.25, -0.2) is 11.6 Å². The van der Waals surface area contributed by atoms with Crippen LogP contribution in [0, 0.1) is 12.0 Å². The van der Waals surface area contributed by atoms with Gasteiger partial charge in [0.15, 0.2) is 0 Å². The molecular formula is C9H13HfI2-3. The van der Waals surface area contributed by atoms with E-state index in [9.17, 15) is 0 Å². The van der Waals surface area contributed by atoms with E-state index in [1.807, 2.05) is 0 Å². The maximum absolute atomic E-state index is 3.29. The van der Waals surface area contributed by atoms with Crippen LogP contribution in [0.2, 0.25) is 0 Å². The van der Waals surface area contributed by atoms with Gasteiger partial charge in [-0.15, -0.1) is 6.42 Å². The minimum Gasteiger partial charge on any atom is -1.00 e. The Hall–Kier alpha value is 1.81. The van der Waals surface area contributed by atoms with Gasteiger partial charge in [-0.2, -0.15) is 6.08 Å². The first kappa shape index (κ1) is 19.4. The predicted octanol–water partition coefficient (Wildman–Crippen LogP) is -3.27. The molecule has 0 aromatic rings. The molecule has 0 aliphatic heterocycles. The van der Waals surface area contributed by atoms with E-state index < -0.39 is 0 Å². The van der Waals surface area contributed by atoms with Gasteiger partial charge in [0.05, 0.1) is 0 Å². The Morgan fingerprint density at radius 3 is 2.33 bits per heavy atom. The molecule has 0 heterocycles. The monoisotopic (exact) mass is 555 g/mol. The molecule has 1 aliphatic carbocycles. The van der Waals surface area contributed by atoms with Crippen LogP contribution in [-0.4, -0.2) is 0 Å². The van der Waals surface area contributed by atoms with E-state index in [0.717, 1.165) is 12.3 Å². The standard InChI is InChI=1S/C9H13.Hf.2HI/c1-8(2)7-9-5-3-4-6-9;;;/h3,5,8H,4,7H2,1-2H3;;2*1H/q-1;;;/p-2. The summed E-state index contributed by atoms with van der Waals surface area (Å²) in [5.41, 5.74) is 1.39. The number of halogens is 2. The topological polar surface area (TPSA) is 0 Å². The first-order valence-electron chi connectivity index (χ1n) is 3.55. The zero-order chi connectivity index (χ0) is 6.69. The minimum absolute atomic E-state index is 0. The van der Waals surface area contributed by atoms with Crippen molar-refractivity contribution in [2.24, 2.45) is 5.92 Å². The van der Waals surface area contributed by atoms with Gasteiger partial charge < -0.3 is 48.0 Å². The van der Waals surface area contributed by atoms with Crippen molar-refractivity contribution in [1.82, 2.24) is 0 Å². The van der Waals surface area contributed by atoms with Crippen molar-refractivity contribution in [2.75, 3.05) is 0 Å². The van der Waals surface area contributed by atoms with Gasteiger partial charge in [0.2, 0.25) is 0 Å². The van der Waals surface area contributed by atoms with Crippen molar-refractivity contribution < 1.29 is 73.8 Å². The fraction of sp³-hybridized carbons (Fsp3) is 0.556. The predicted molar refractivity (Wildman–Crippen MR) is 40.0 cm³/mol. The quantitative estimate of drug-likeness (QED) is 0.192. The van der Waals surface area contributed by atoms with Crippen molar-refractivity contribution in [3.05, 3.63) is 23.8 Å². The smallest absolute Gasteiger partial charge is 0 e. The maximum atomic E-state index is 3.29. The first-order valence-corrected chi connectivity index (χ1v) is 3.55. The second-order valence-electron chi connectivity index (χ2n) is 2.91. The fourth-order valence-electron chi connectivity index (χ4n) is 1.03. The molecule has 1 aliphatic rings. The molecule has 0 atom stereocenters. The molecule has 3 heteroatoms. The van der Waals surface area contributed by atoms with Gasteiger partial charge in [0.25, 0.3) is 0 Å². The number of hydrogen-bond acceptors (Lipinski definition) is 0. The Morgan fingerprint density at radius 2 is 2.00 bits per heavy atom. The van der Waals surface area contributed by atoms with E-state index in [0.29, 0.717) is 0 Å². The molecule has 0 saturated carbocycles. The average Bonchev–Trinajstić information content (AvgIpc) is 2.15. The van der Waals surface area contributed by atoms with Crippen LogP contribution in [0.25, 0.3) is 0 Å². The van der Waals surface area contributed by atoms with Gasteiger partial charge in [0, 0.05) is 25.8 Å². The molecule has 0 saturated heterocycles. The summed E-state index contributed by atoms with van der Waals surface area (Å²) >= 11 is 0. The summed E-state index contributed by atoms with van der Waals surface area (Å²) in [5, 5.41) is 0. The van der Waals surface area contributed by atoms with Crippen LogP contribution < -0.4 is 48.0 Å². The van der Waals surface area contributed by atoms with Crippen molar-refractivity contribution >= 4 is 0 Å². The fourth-order valence-corrected chi connectivity index (χ4v) is 1.03. The Morgan fingerprint density at radius 1 is 1.42 bits per heavy atom. The molecule has 70 valence electrons. The van der Waals surface area contributed by atoms with E-state index >= 15 is 0 Å². The van der Waals surface area contributed by atoms with Crippen molar-refractivity contribution in [1.29, 1.82) is 0 Å². The van der Waals surface area contributed by atoms with Crippen LogP contribution >= 0.6 is 0 Å². The summed E-state index contributed by atoms with van der Waals surface area (Å²) in [6.45, 7) is 4.47. The Balaban J connectivity index is -0.000000270. The largest absolute Gasteiger partial charge is 1.00 e. The summed E-state index contributed by atoms with van der Waals surface area (Å²) < 4.78 is 0. The zero-order valence-electron chi connectivity index (χ0n) is 7.40. The van der Waals surface area contributed by atoms with Gasteiger partial charge in [-0.1, -0.05) is 20.3 Å². The van der Waals surface area contributed by atoms with Crippen LogP contribution in [0.1, 0.15) is 26.7 Å². The second-order valence-corrected chi connectivity index (χ2v) is 2.91. The Bertz CT molecular complexity index is 151. The molecule has 0 nitrogen and oxygen atoms in total. The molecule has 0 spiro atoms. The summed E-state index contributed by atoms with van der Waals surface area (Å²) in [6, 6.07) is 0. The van der Waals surface area contributed by atoms with E-state index in [-0.39, 0.29) is 73.8 Å². The first-order chi connectivity index (χ1) is 4.29. The molecular weight excluding hydrogens is 540 g/mol. The molecule has 0 bridgehead atoms. The molecule has 0 fully saturated rings. The third kappa shape index (κ3) is 8.41. The maximum Gasteiger partial charge on any atom is 0 e. The van der Waals surface area contributed by atoms with Crippen molar-refractivity contribution in [2.45, 2.75) is 26.7 Å². The average molecular weight is 554 g/mol. The molecule has 0 N–H and O–H groups in total. The molecule has 12 heavy (non-hydrogen) atoms. The molecule has 0 unspecified atom stereocenters. The molecule has 1 rings (SSSR count). The van der Waals surface area contributed by atoms with Crippen molar-refractivity contribution in [3.63, 3.8) is 0 Å². The summed E-state index contributed by atoms with van der Waals surface area (Å²) in [4.78, 5) is 0. The van der Waals surface area contributed by atoms with E-state index in [2.05, 4.69) is 32.1 Å². The molecule has 0 aromatic heterocycles. The molecule has 0 radical (unpaired) electrons. The summed E-state index contributed by atoms with van der Waals surface area (Å²) in [7, 11) is 0. The van der Waals surface area contributed by atoms with Gasteiger partial charge >= 0.3 is 0 Å². The SMILES string of the molecule is CC(C)CC1=[C-]CC=C1.[Hf].[I-].[I-]. The zero-order valence-corrected chi connectivity index (χ0v) is 15.3. The normalized spacial score (nSPS) is 12.8. The number of rotatable bonds is 2. The van der Waals surface area contributed by atoms with Crippen molar-refractivity contribution in [3.8, 4) is 0 Å². The van der Waals surface area contributed by atoms with Gasteiger partial charge in [0.1, 0.15) is 0 Å². The van der Waals surface area contributed by atoms with Crippen LogP contribution in [0.3, 0.4) is 0 Å². The van der Waals surface area contributed by atoms with Gasteiger partial charge in [-0.05, 0) is 5.92 Å². The van der Waals surface area contributed by atoms with Gasteiger partial charge in [-0.3, -0.25) is 6.08 Å². The second kappa shape index (κ2) is 10.9. The minimum atomic E-state index is 0. The van der Waals surface area contributed by atoms with E-state index in [1.165, 1.54) is 12.0 Å². The van der Waals surface area contributed by atoms with Crippen LogP contribution in [0.15, 0.2) is 17.7 Å². The number of hydrogen-bond donors (Lipinski definition) is 0. The van der Waals surface area contributed by atoms with Crippen LogP contribution in [0.5, 0.6) is 0 Å². The van der Waals surface area contributed by atoms with E-state index in [4.69, 9.17) is 0 Å². The van der Waals surface area contributed by atoms with Crippen LogP contribution in [-0.2, 0) is 25.8 Å². The summed E-state index contributed by atoms with van der Waals surface area (Å²) in [6.07, 6.45) is 9.86. The Labute approximate surface area is 128 Å². The number of allylic oxidation sites excluding steroid dienone is 4.